The average molecular weight is 1200 g/mol. The molecular weight excluding hydrogens is 1160 g/mol. The quantitative estimate of drug-likeness (QED) is 0.116. The molecule has 0 aliphatic rings. The van der Waals surface area contributed by atoms with Gasteiger partial charge in [0.1, 0.15) is 17.5 Å². The second kappa shape index (κ2) is 21.7. The standard InChI is InChI=1S/C17H11BrFN5O2.C17H15BrFN3O2.C17H13BrFN3O2/c1-23-8-9(7-20-23)15-5-14(17(25)26)21-16-6-13(22-24(15)16)11-3-2-10(18)4-12(11)19;2*1-9(2)5-11-7-15(17(23)24)20-16-8-14(21-22(11)16)12-4-3-10(18)6-13(12)19/h2-8H,1H3,(H,25,26);3-4,6-9H,5H2,1-2H3,(H,23,24);3-8H,1-2H3,(H,23,24). The Balaban J connectivity index is 0.000000148. The average Bonchev–Trinajstić information content (AvgIpc) is 4.15. The molecule has 0 spiro atoms. The van der Waals surface area contributed by atoms with Gasteiger partial charge in [0.25, 0.3) is 0 Å². The van der Waals surface area contributed by atoms with Gasteiger partial charge in [-0.05, 0) is 105 Å². The number of rotatable bonds is 10. The summed E-state index contributed by atoms with van der Waals surface area (Å²) < 4.78 is 50.7. The number of benzene rings is 3. The number of aromatic carboxylic acids is 3. The van der Waals surface area contributed by atoms with Crippen LogP contribution in [0.4, 0.5) is 13.2 Å². The molecule has 7 heterocycles. The first kappa shape index (κ1) is 52.4. The Bertz CT molecular complexity index is 3880. The highest BCUT2D eigenvalue weighted by Gasteiger charge is 2.20. The number of allylic oxidation sites excluding steroid dienone is 1. The smallest absolute Gasteiger partial charge is 0.354 e. The van der Waals surface area contributed by atoms with E-state index in [4.69, 9.17) is 0 Å². The molecule has 0 aliphatic heterocycles. The Labute approximate surface area is 443 Å². The van der Waals surface area contributed by atoms with Gasteiger partial charge in [0.2, 0.25) is 0 Å². The molecule has 3 aromatic carbocycles. The molecule has 23 heteroatoms. The molecule has 74 heavy (non-hydrogen) atoms. The highest BCUT2D eigenvalue weighted by atomic mass is 79.9. The molecule has 10 rings (SSSR count). The van der Waals surface area contributed by atoms with Crippen molar-refractivity contribution in [2.45, 2.75) is 34.1 Å². The number of carbonyl (C=O) groups is 3. The van der Waals surface area contributed by atoms with Crippen LogP contribution >= 0.6 is 47.8 Å². The molecule has 7 aromatic heterocycles. The third-order valence-corrected chi connectivity index (χ3v) is 12.2. The lowest BCUT2D eigenvalue weighted by Crippen LogP contribution is -2.09. The normalized spacial score (nSPS) is 11.1. The summed E-state index contributed by atoms with van der Waals surface area (Å²) in [6, 6.07) is 23.2. The zero-order valence-corrected chi connectivity index (χ0v) is 44.2. The lowest BCUT2D eigenvalue weighted by Gasteiger charge is -2.08. The van der Waals surface area contributed by atoms with Crippen LogP contribution in [0.25, 0.3) is 68.0 Å². The molecule has 0 radical (unpaired) electrons. The van der Waals surface area contributed by atoms with Crippen LogP contribution in [0, 0.1) is 23.4 Å². The molecular formula is C51H39Br3F3N11O6. The van der Waals surface area contributed by atoms with E-state index < -0.39 is 35.4 Å². The minimum atomic E-state index is -1.16. The summed E-state index contributed by atoms with van der Waals surface area (Å²) >= 11 is 9.66. The van der Waals surface area contributed by atoms with E-state index in [2.05, 4.69) is 83.1 Å². The summed E-state index contributed by atoms with van der Waals surface area (Å²) in [5.41, 5.74) is 6.38. The summed E-state index contributed by atoms with van der Waals surface area (Å²) in [6.07, 6.45) is 5.78. The van der Waals surface area contributed by atoms with Crippen LogP contribution in [0.5, 0.6) is 0 Å². The van der Waals surface area contributed by atoms with Crippen molar-refractivity contribution >= 4 is 88.7 Å². The van der Waals surface area contributed by atoms with Crippen molar-refractivity contribution in [1.82, 2.24) is 53.6 Å². The first-order chi connectivity index (χ1) is 35.1. The van der Waals surface area contributed by atoms with Crippen LogP contribution in [0.3, 0.4) is 0 Å². The molecule has 0 unspecified atom stereocenters. The topological polar surface area (TPSA) is 220 Å². The van der Waals surface area contributed by atoms with E-state index in [1.54, 1.807) is 89.3 Å². The molecule has 17 nitrogen and oxygen atoms in total. The molecule has 0 saturated carbocycles. The van der Waals surface area contributed by atoms with Gasteiger partial charge in [-0.3, -0.25) is 4.68 Å². The van der Waals surface area contributed by atoms with Crippen molar-refractivity contribution in [2.24, 2.45) is 13.0 Å². The first-order valence-electron chi connectivity index (χ1n) is 22.0. The van der Waals surface area contributed by atoms with Gasteiger partial charge in [0.15, 0.2) is 34.0 Å². The third-order valence-electron chi connectivity index (χ3n) is 10.7. The van der Waals surface area contributed by atoms with E-state index in [9.17, 15) is 42.9 Å². The van der Waals surface area contributed by atoms with Gasteiger partial charge >= 0.3 is 17.9 Å². The van der Waals surface area contributed by atoms with Crippen LogP contribution in [0.15, 0.2) is 122 Å². The number of hydrogen-bond donors (Lipinski definition) is 3. The SMILES string of the molecule is CC(C)=Cc1cc(C(=O)O)nc2cc(-c3ccc(Br)cc3F)nn12.CC(C)Cc1cc(C(=O)O)nc2cc(-c3ccc(Br)cc3F)nn12.Cn1cc(-c2cc(C(=O)O)nc3cc(-c4ccc(Br)cc4F)nn23)cn1. The number of hydrogen-bond acceptors (Lipinski definition) is 10. The number of carboxylic acid groups (broad SMARTS) is 3. The fraction of sp³-hybridized carbons (Fsp3) is 0.137. The Morgan fingerprint density at radius 3 is 1.43 bits per heavy atom. The number of aromatic nitrogens is 11. The van der Waals surface area contributed by atoms with Crippen LogP contribution in [-0.2, 0) is 13.5 Å². The summed E-state index contributed by atoms with van der Waals surface area (Å²) in [7, 11) is 1.76. The lowest BCUT2D eigenvalue weighted by molar-refractivity contribution is 0.0680. The first-order valence-corrected chi connectivity index (χ1v) is 24.4. The number of fused-ring (bicyclic) bond motifs is 3. The van der Waals surface area contributed by atoms with E-state index in [-0.39, 0.29) is 17.1 Å². The van der Waals surface area contributed by atoms with Crippen molar-refractivity contribution in [3.05, 3.63) is 168 Å². The van der Waals surface area contributed by atoms with E-state index in [0.29, 0.717) is 93.4 Å². The summed E-state index contributed by atoms with van der Waals surface area (Å²) in [4.78, 5) is 46.3. The summed E-state index contributed by atoms with van der Waals surface area (Å²) in [6.45, 7) is 7.86. The van der Waals surface area contributed by atoms with Gasteiger partial charge in [-0.2, -0.15) is 20.4 Å². The number of nitrogens with zero attached hydrogens (tertiary/aromatic N) is 11. The largest absolute Gasteiger partial charge is 0.477 e. The number of carboxylic acids is 3. The second-order valence-electron chi connectivity index (χ2n) is 17.1. The molecule has 3 N–H and O–H groups in total. The fourth-order valence-corrected chi connectivity index (χ4v) is 8.55. The van der Waals surface area contributed by atoms with Gasteiger partial charge in [0.05, 0.1) is 34.7 Å². The van der Waals surface area contributed by atoms with Crippen molar-refractivity contribution in [3.63, 3.8) is 0 Å². The maximum atomic E-state index is 14.3. The monoisotopic (exact) mass is 1200 g/mol. The van der Waals surface area contributed by atoms with Crippen molar-refractivity contribution in [2.75, 3.05) is 0 Å². The molecule has 0 aliphatic carbocycles. The lowest BCUT2D eigenvalue weighted by atomic mass is 10.1. The molecule has 0 fully saturated rings. The maximum Gasteiger partial charge on any atom is 0.354 e. The fourth-order valence-electron chi connectivity index (χ4n) is 7.55. The number of aryl methyl sites for hydroxylation is 1. The zero-order chi connectivity index (χ0) is 53.3. The van der Waals surface area contributed by atoms with Gasteiger partial charge in [0, 0.05) is 72.8 Å². The highest BCUT2D eigenvalue weighted by Crippen LogP contribution is 2.30. The van der Waals surface area contributed by atoms with Crippen molar-refractivity contribution < 1.29 is 42.9 Å². The Hall–Kier alpha value is -7.89. The van der Waals surface area contributed by atoms with Gasteiger partial charge in [-0.25, -0.2) is 56.1 Å². The van der Waals surface area contributed by atoms with Gasteiger partial charge in [-0.1, -0.05) is 67.2 Å². The third kappa shape index (κ3) is 11.6. The highest BCUT2D eigenvalue weighted by molar-refractivity contribution is 9.11. The minimum Gasteiger partial charge on any atom is -0.477 e. The van der Waals surface area contributed by atoms with Crippen LogP contribution in [-0.4, -0.2) is 86.8 Å². The molecule has 0 saturated heterocycles. The second-order valence-corrected chi connectivity index (χ2v) is 19.9. The molecule has 0 atom stereocenters. The predicted octanol–water partition coefficient (Wildman–Crippen LogP) is 12.0. The zero-order valence-electron chi connectivity index (χ0n) is 39.4. The van der Waals surface area contributed by atoms with E-state index in [1.165, 1.54) is 45.4 Å². The van der Waals surface area contributed by atoms with E-state index in [0.717, 1.165) is 11.3 Å². The van der Waals surface area contributed by atoms with Crippen molar-refractivity contribution in [1.29, 1.82) is 0 Å². The van der Waals surface area contributed by atoms with E-state index >= 15 is 0 Å². The summed E-state index contributed by atoms with van der Waals surface area (Å²) in [5.74, 6) is -4.33. The van der Waals surface area contributed by atoms with Gasteiger partial charge < -0.3 is 15.3 Å². The Morgan fingerprint density at radius 2 is 1.01 bits per heavy atom. The van der Waals surface area contributed by atoms with Gasteiger partial charge in [-0.15, -0.1) is 0 Å². The molecule has 376 valence electrons. The van der Waals surface area contributed by atoms with E-state index in [1.807, 2.05) is 27.7 Å². The minimum absolute atomic E-state index is 0.0409. The summed E-state index contributed by atoms with van der Waals surface area (Å²) in [5, 5.41) is 45.2. The Kier molecular flexibility index (Phi) is 15.4. The predicted molar refractivity (Wildman–Crippen MR) is 279 cm³/mol. The van der Waals surface area contributed by atoms with Crippen LogP contribution < -0.4 is 0 Å². The Morgan fingerprint density at radius 1 is 0.595 bits per heavy atom. The number of halogens is 6. The van der Waals surface area contributed by atoms with Crippen LogP contribution in [0.2, 0.25) is 0 Å². The van der Waals surface area contributed by atoms with Crippen LogP contribution in [0.1, 0.15) is 70.5 Å². The molecule has 0 amide bonds. The maximum absolute atomic E-state index is 14.3. The van der Waals surface area contributed by atoms with Crippen molar-refractivity contribution in [3.8, 4) is 45.0 Å². The molecule has 0 bridgehead atoms. The molecule has 10 aromatic rings.